The van der Waals surface area contributed by atoms with E-state index in [0.717, 1.165) is 35.5 Å². The molecule has 1 aliphatic rings. The fourth-order valence-corrected chi connectivity index (χ4v) is 4.18. The molecule has 2 atom stereocenters. The van der Waals surface area contributed by atoms with Crippen molar-refractivity contribution in [3.63, 3.8) is 0 Å². The minimum atomic E-state index is 0.317. The van der Waals surface area contributed by atoms with Crippen LogP contribution in [-0.2, 0) is 4.74 Å². The number of thioether (sulfide) groups is 1. The zero-order valence-electron chi connectivity index (χ0n) is 11.9. The van der Waals surface area contributed by atoms with Crippen LogP contribution in [0.2, 0.25) is 0 Å². The summed E-state index contributed by atoms with van der Waals surface area (Å²) in [4.78, 5) is 4.15. The number of anilines is 1. The summed E-state index contributed by atoms with van der Waals surface area (Å²) in [5.74, 6) is 0. The molecule has 0 aromatic carbocycles. The van der Waals surface area contributed by atoms with Crippen LogP contribution >= 0.6 is 23.1 Å². The molecule has 0 spiro atoms. The summed E-state index contributed by atoms with van der Waals surface area (Å²) in [5, 5.41) is 12.9. The molecule has 2 aromatic rings. The lowest BCUT2D eigenvalue weighted by Crippen LogP contribution is -2.18. The summed E-state index contributed by atoms with van der Waals surface area (Å²) < 4.78 is 6.56. The van der Waals surface area contributed by atoms with Crippen LogP contribution in [0.1, 0.15) is 30.6 Å². The van der Waals surface area contributed by atoms with Crippen LogP contribution in [0.15, 0.2) is 28.9 Å². The number of ether oxygens (including phenoxy) is 1. The highest BCUT2D eigenvalue weighted by atomic mass is 32.2. The lowest BCUT2D eigenvalue weighted by atomic mass is 10.2. The van der Waals surface area contributed by atoms with Gasteiger partial charge in [0.05, 0.1) is 6.10 Å². The third kappa shape index (κ3) is 4.15. The molecule has 112 valence electrons. The Bertz CT molecular complexity index is 557. The Labute approximate surface area is 132 Å². The lowest BCUT2D eigenvalue weighted by Gasteiger charge is -2.09. The van der Waals surface area contributed by atoms with E-state index in [-0.39, 0.29) is 0 Å². The van der Waals surface area contributed by atoms with Gasteiger partial charge in [0.25, 0.3) is 0 Å². The highest BCUT2D eigenvalue weighted by molar-refractivity contribution is 8.01. The smallest absolute Gasteiger partial charge is 0.206 e. The maximum absolute atomic E-state index is 5.59. The van der Waals surface area contributed by atoms with Gasteiger partial charge in [-0.3, -0.25) is 4.98 Å². The normalized spacial score (nSPS) is 19.6. The van der Waals surface area contributed by atoms with Gasteiger partial charge in [-0.25, -0.2) is 0 Å². The van der Waals surface area contributed by atoms with Gasteiger partial charge in [0, 0.05) is 30.8 Å². The summed E-state index contributed by atoms with van der Waals surface area (Å²) in [5.41, 5.74) is 1.20. The number of nitrogens with one attached hydrogen (secondary N) is 1. The molecule has 1 fully saturated rings. The van der Waals surface area contributed by atoms with Crippen molar-refractivity contribution in [2.45, 2.75) is 35.5 Å². The average molecular weight is 322 g/mol. The first-order chi connectivity index (χ1) is 10.3. The second kappa shape index (κ2) is 7.20. The minimum absolute atomic E-state index is 0.317. The fraction of sp³-hybridized carbons (Fsp3) is 0.500. The van der Waals surface area contributed by atoms with Crippen LogP contribution in [0.5, 0.6) is 0 Å². The van der Waals surface area contributed by atoms with E-state index >= 15 is 0 Å². The van der Waals surface area contributed by atoms with Crippen LogP contribution in [0.3, 0.4) is 0 Å². The summed E-state index contributed by atoms with van der Waals surface area (Å²) in [6, 6.07) is 4.05. The molecule has 0 radical (unpaired) electrons. The third-order valence-electron chi connectivity index (χ3n) is 3.34. The maximum atomic E-state index is 5.59. The minimum Gasteiger partial charge on any atom is -0.376 e. The quantitative estimate of drug-likeness (QED) is 0.823. The van der Waals surface area contributed by atoms with Crippen molar-refractivity contribution in [1.82, 2.24) is 15.2 Å². The number of hydrogen-bond donors (Lipinski definition) is 1. The Balaban J connectivity index is 1.52. The van der Waals surface area contributed by atoms with Crippen molar-refractivity contribution in [1.29, 1.82) is 0 Å². The first-order valence-corrected chi connectivity index (χ1v) is 8.76. The molecule has 0 unspecified atom stereocenters. The van der Waals surface area contributed by atoms with Gasteiger partial charge in [-0.2, -0.15) is 0 Å². The van der Waals surface area contributed by atoms with Gasteiger partial charge in [0.1, 0.15) is 0 Å². The zero-order chi connectivity index (χ0) is 14.5. The van der Waals surface area contributed by atoms with E-state index < -0.39 is 0 Å². The molecule has 2 aromatic heterocycles. The fourth-order valence-electron chi connectivity index (χ4n) is 2.17. The molecular formula is C14H18N4OS2. The molecule has 3 heterocycles. The van der Waals surface area contributed by atoms with Crippen molar-refractivity contribution in [2.24, 2.45) is 0 Å². The van der Waals surface area contributed by atoms with Gasteiger partial charge in [-0.1, -0.05) is 29.2 Å². The number of pyridine rings is 1. The number of rotatable bonds is 6. The first kappa shape index (κ1) is 14.7. The molecule has 0 amide bonds. The van der Waals surface area contributed by atoms with Crippen molar-refractivity contribution >= 4 is 28.2 Å². The standard InChI is InChI=1S/C14H18N4OS2/c1-10(11-4-2-6-15-8-11)20-14-18-17-13(21-14)16-9-12-5-3-7-19-12/h2,4,6,8,10,12H,3,5,7,9H2,1H3,(H,16,17)/t10-,12-/m1/s1. The molecule has 1 saturated heterocycles. The predicted molar refractivity (Wildman–Crippen MR) is 85.9 cm³/mol. The van der Waals surface area contributed by atoms with E-state index in [4.69, 9.17) is 4.74 Å². The van der Waals surface area contributed by atoms with Crippen LogP contribution < -0.4 is 5.32 Å². The molecule has 0 bridgehead atoms. The van der Waals surface area contributed by atoms with Gasteiger partial charge in [-0.05, 0) is 31.4 Å². The number of aromatic nitrogens is 3. The largest absolute Gasteiger partial charge is 0.376 e. The second-order valence-corrected chi connectivity index (χ2v) is 7.50. The Morgan fingerprint density at radius 1 is 1.52 bits per heavy atom. The van der Waals surface area contributed by atoms with E-state index in [1.807, 2.05) is 12.3 Å². The van der Waals surface area contributed by atoms with Gasteiger partial charge in [-0.15, -0.1) is 10.2 Å². The predicted octanol–water partition coefficient (Wildman–Crippen LogP) is 3.38. The Hall–Kier alpha value is -1.18. The van der Waals surface area contributed by atoms with E-state index in [1.165, 1.54) is 5.56 Å². The molecule has 21 heavy (non-hydrogen) atoms. The second-order valence-electron chi connectivity index (χ2n) is 4.94. The van der Waals surface area contributed by atoms with E-state index in [0.29, 0.717) is 11.4 Å². The summed E-state index contributed by atoms with van der Waals surface area (Å²) >= 11 is 3.30. The van der Waals surface area contributed by atoms with Crippen LogP contribution in [0, 0.1) is 0 Å². The molecule has 7 heteroatoms. The SMILES string of the molecule is C[C@@H](Sc1nnc(NC[C@H]2CCCO2)s1)c1cccnc1. The lowest BCUT2D eigenvalue weighted by molar-refractivity contribution is 0.120. The third-order valence-corrected chi connectivity index (χ3v) is 5.47. The molecular weight excluding hydrogens is 304 g/mol. The molecule has 3 rings (SSSR count). The Morgan fingerprint density at radius 3 is 3.24 bits per heavy atom. The van der Waals surface area contributed by atoms with Gasteiger partial charge in [0.15, 0.2) is 4.34 Å². The summed E-state index contributed by atoms with van der Waals surface area (Å²) in [6.07, 6.45) is 6.30. The zero-order valence-corrected chi connectivity index (χ0v) is 13.5. The average Bonchev–Trinajstić information content (AvgIpc) is 3.17. The Kier molecular flexibility index (Phi) is 5.05. The van der Waals surface area contributed by atoms with Crippen LogP contribution in [0.4, 0.5) is 5.13 Å². The number of hydrogen-bond acceptors (Lipinski definition) is 7. The summed E-state index contributed by atoms with van der Waals surface area (Å²) in [7, 11) is 0. The van der Waals surface area contributed by atoms with Crippen LogP contribution in [-0.4, -0.2) is 34.4 Å². The van der Waals surface area contributed by atoms with E-state index in [2.05, 4.69) is 33.5 Å². The molecule has 0 aliphatic carbocycles. The molecule has 1 aliphatic heterocycles. The highest BCUT2D eigenvalue weighted by Crippen LogP contribution is 2.36. The first-order valence-electron chi connectivity index (χ1n) is 7.07. The maximum Gasteiger partial charge on any atom is 0.206 e. The Morgan fingerprint density at radius 2 is 2.48 bits per heavy atom. The van der Waals surface area contributed by atoms with Crippen LogP contribution in [0.25, 0.3) is 0 Å². The van der Waals surface area contributed by atoms with Gasteiger partial charge >= 0.3 is 0 Å². The molecule has 5 nitrogen and oxygen atoms in total. The highest BCUT2D eigenvalue weighted by Gasteiger charge is 2.16. The monoisotopic (exact) mass is 322 g/mol. The molecule has 0 saturated carbocycles. The van der Waals surface area contributed by atoms with Crippen molar-refractivity contribution in [3.8, 4) is 0 Å². The topological polar surface area (TPSA) is 59.9 Å². The van der Waals surface area contributed by atoms with Gasteiger partial charge < -0.3 is 10.1 Å². The van der Waals surface area contributed by atoms with Crippen molar-refractivity contribution in [3.05, 3.63) is 30.1 Å². The van der Waals surface area contributed by atoms with Crippen molar-refractivity contribution in [2.75, 3.05) is 18.5 Å². The van der Waals surface area contributed by atoms with E-state index in [9.17, 15) is 0 Å². The van der Waals surface area contributed by atoms with Gasteiger partial charge in [0.2, 0.25) is 5.13 Å². The van der Waals surface area contributed by atoms with Crippen molar-refractivity contribution < 1.29 is 4.74 Å². The molecule has 1 N–H and O–H groups in total. The summed E-state index contributed by atoms with van der Waals surface area (Å²) in [6.45, 7) is 3.85. The van der Waals surface area contributed by atoms with E-state index in [1.54, 1.807) is 29.3 Å². The number of nitrogens with zero attached hydrogens (tertiary/aromatic N) is 3.